The second-order valence-electron chi connectivity index (χ2n) is 4.91. The van der Waals surface area contributed by atoms with E-state index < -0.39 is 0 Å². The lowest BCUT2D eigenvalue weighted by molar-refractivity contribution is 0.0603. The van der Waals surface area contributed by atoms with Crippen LogP contribution in [-0.2, 0) is 0 Å². The highest BCUT2D eigenvalue weighted by atomic mass is 79.9. The van der Waals surface area contributed by atoms with Gasteiger partial charge < -0.3 is 4.90 Å². The third kappa shape index (κ3) is 1.99. The van der Waals surface area contributed by atoms with Gasteiger partial charge in [0.05, 0.1) is 5.56 Å². The fraction of sp³-hybridized carbons (Fsp3) is 0.538. The van der Waals surface area contributed by atoms with Crippen LogP contribution < -0.4 is 0 Å². The van der Waals surface area contributed by atoms with E-state index in [1.165, 1.54) is 0 Å². The molecule has 0 N–H and O–H groups in total. The number of piperidine rings is 1. The summed E-state index contributed by atoms with van der Waals surface area (Å²) >= 11 is 3.69. The monoisotopic (exact) mass is 294 g/mol. The molecule has 1 aromatic rings. The number of halogens is 1. The summed E-state index contributed by atoms with van der Waals surface area (Å²) in [5.41, 5.74) is 0.720. The van der Waals surface area contributed by atoms with Gasteiger partial charge >= 0.3 is 0 Å². The summed E-state index contributed by atoms with van der Waals surface area (Å²) in [4.78, 5) is 19.1. The Hall–Kier alpha value is -0.900. The Morgan fingerprint density at radius 1 is 1.35 bits per heavy atom. The van der Waals surface area contributed by atoms with Crippen LogP contribution in [-0.4, -0.2) is 32.7 Å². The van der Waals surface area contributed by atoms with Crippen molar-refractivity contribution >= 4 is 21.8 Å². The summed E-state index contributed by atoms with van der Waals surface area (Å²) in [5.74, 6) is 0.157. The minimum atomic E-state index is 0.157. The maximum absolute atomic E-state index is 12.4. The van der Waals surface area contributed by atoms with Crippen LogP contribution in [0.2, 0.25) is 0 Å². The van der Waals surface area contributed by atoms with Crippen molar-refractivity contribution in [2.24, 2.45) is 0 Å². The number of alkyl halides is 1. The predicted octanol–water partition coefficient (Wildman–Crippen LogP) is 2.61. The van der Waals surface area contributed by atoms with Crippen LogP contribution in [0, 0.1) is 0 Å². The minimum absolute atomic E-state index is 0.157. The van der Waals surface area contributed by atoms with Gasteiger partial charge in [-0.3, -0.25) is 9.78 Å². The first-order chi connectivity index (χ1) is 8.25. The summed E-state index contributed by atoms with van der Waals surface area (Å²) in [6, 6.07) is 4.53. The van der Waals surface area contributed by atoms with Crippen molar-refractivity contribution in [2.45, 2.75) is 42.6 Å². The molecule has 0 saturated carbocycles. The van der Waals surface area contributed by atoms with Crippen LogP contribution in [0.4, 0.5) is 0 Å². The molecule has 0 spiro atoms. The van der Waals surface area contributed by atoms with Crippen LogP contribution in [0.5, 0.6) is 0 Å². The van der Waals surface area contributed by atoms with Gasteiger partial charge in [0, 0.05) is 29.3 Å². The van der Waals surface area contributed by atoms with Crippen molar-refractivity contribution in [3.63, 3.8) is 0 Å². The minimum Gasteiger partial charge on any atom is -0.333 e. The molecule has 3 nitrogen and oxygen atoms in total. The Morgan fingerprint density at radius 2 is 2.06 bits per heavy atom. The van der Waals surface area contributed by atoms with Crippen LogP contribution in [0.3, 0.4) is 0 Å². The summed E-state index contributed by atoms with van der Waals surface area (Å²) in [6.45, 7) is 0. The molecule has 3 heterocycles. The first-order valence-corrected chi connectivity index (χ1v) is 7.04. The second kappa shape index (κ2) is 4.41. The zero-order valence-corrected chi connectivity index (χ0v) is 11.1. The summed E-state index contributed by atoms with van der Waals surface area (Å²) < 4.78 is 0. The van der Waals surface area contributed by atoms with E-state index in [9.17, 15) is 4.79 Å². The number of carbonyl (C=O) groups is 1. The highest BCUT2D eigenvalue weighted by Crippen LogP contribution is 2.39. The highest BCUT2D eigenvalue weighted by molar-refractivity contribution is 9.09. The molecule has 2 fully saturated rings. The number of carbonyl (C=O) groups excluding carboxylic acids is 1. The lowest BCUT2D eigenvalue weighted by Crippen LogP contribution is -2.46. The van der Waals surface area contributed by atoms with Gasteiger partial charge in [0.15, 0.2) is 0 Å². The van der Waals surface area contributed by atoms with E-state index in [1.807, 2.05) is 12.1 Å². The zero-order chi connectivity index (χ0) is 11.8. The SMILES string of the molecule is O=C(c1cccnc1)N1C2CCC1CC(Br)C2. The van der Waals surface area contributed by atoms with E-state index in [1.54, 1.807) is 12.4 Å². The Bertz CT molecular complexity index is 409. The second-order valence-corrected chi connectivity index (χ2v) is 6.20. The van der Waals surface area contributed by atoms with Crippen LogP contribution in [0.1, 0.15) is 36.0 Å². The molecule has 2 bridgehead atoms. The maximum Gasteiger partial charge on any atom is 0.255 e. The van der Waals surface area contributed by atoms with Gasteiger partial charge in [-0.15, -0.1) is 0 Å². The summed E-state index contributed by atoms with van der Waals surface area (Å²) in [6.07, 6.45) is 7.85. The van der Waals surface area contributed by atoms with Crippen LogP contribution >= 0.6 is 15.9 Å². The van der Waals surface area contributed by atoms with Gasteiger partial charge in [-0.1, -0.05) is 15.9 Å². The number of nitrogens with zero attached hydrogens (tertiary/aromatic N) is 2. The Balaban J connectivity index is 1.84. The maximum atomic E-state index is 12.4. The molecule has 90 valence electrons. The molecule has 2 aliphatic rings. The first kappa shape index (κ1) is 11.2. The number of hydrogen-bond acceptors (Lipinski definition) is 2. The highest BCUT2D eigenvalue weighted by Gasteiger charge is 2.42. The number of pyridine rings is 1. The molecule has 1 aromatic heterocycles. The third-order valence-electron chi connectivity index (χ3n) is 3.82. The average Bonchev–Trinajstić information content (AvgIpc) is 2.62. The lowest BCUT2D eigenvalue weighted by Gasteiger charge is -2.37. The fourth-order valence-corrected chi connectivity index (χ4v) is 3.94. The normalized spacial score (nSPS) is 31.6. The van der Waals surface area contributed by atoms with E-state index in [4.69, 9.17) is 0 Å². The number of rotatable bonds is 1. The smallest absolute Gasteiger partial charge is 0.255 e. The average molecular weight is 295 g/mol. The summed E-state index contributed by atoms with van der Waals surface area (Å²) in [5, 5.41) is 0. The van der Waals surface area contributed by atoms with E-state index in [2.05, 4.69) is 25.8 Å². The van der Waals surface area contributed by atoms with Gasteiger partial charge in [0.1, 0.15) is 0 Å². The van der Waals surface area contributed by atoms with E-state index in [0.29, 0.717) is 16.9 Å². The molecule has 0 radical (unpaired) electrons. The molecule has 2 atom stereocenters. The lowest BCUT2D eigenvalue weighted by atomic mass is 10.0. The molecule has 2 aliphatic heterocycles. The number of aromatic nitrogens is 1. The van der Waals surface area contributed by atoms with Crippen molar-refractivity contribution in [3.05, 3.63) is 30.1 Å². The van der Waals surface area contributed by atoms with Gasteiger partial charge in [-0.05, 0) is 37.8 Å². The van der Waals surface area contributed by atoms with Crippen molar-refractivity contribution < 1.29 is 4.79 Å². The zero-order valence-electron chi connectivity index (χ0n) is 9.55. The molecule has 3 rings (SSSR count). The number of hydrogen-bond donors (Lipinski definition) is 0. The summed E-state index contributed by atoms with van der Waals surface area (Å²) in [7, 11) is 0. The van der Waals surface area contributed by atoms with Gasteiger partial charge in [-0.2, -0.15) is 0 Å². The van der Waals surface area contributed by atoms with Crippen molar-refractivity contribution in [3.8, 4) is 0 Å². The molecule has 2 saturated heterocycles. The van der Waals surface area contributed by atoms with Gasteiger partial charge in [0.25, 0.3) is 5.91 Å². The Labute approximate surface area is 109 Å². The predicted molar refractivity (Wildman–Crippen MR) is 69.2 cm³/mol. The Kier molecular flexibility index (Phi) is 2.90. The van der Waals surface area contributed by atoms with E-state index in [0.717, 1.165) is 31.2 Å². The van der Waals surface area contributed by atoms with Crippen LogP contribution in [0.15, 0.2) is 24.5 Å². The van der Waals surface area contributed by atoms with Gasteiger partial charge in [-0.25, -0.2) is 0 Å². The third-order valence-corrected chi connectivity index (χ3v) is 4.57. The topological polar surface area (TPSA) is 33.2 Å². The van der Waals surface area contributed by atoms with Crippen molar-refractivity contribution in [1.29, 1.82) is 0 Å². The fourth-order valence-electron chi connectivity index (χ4n) is 3.08. The number of amides is 1. The molecular weight excluding hydrogens is 280 g/mol. The largest absolute Gasteiger partial charge is 0.333 e. The standard InChI is InChI=1S/C13H15BrN2O/c14-10-6-11-3-4-12(7-10)16(11)13(17)9-2-1-5-15-8-9/h1-2,5,8,10-12H,3-4,6-7H2. The molecule has 1 amide bonds. The van der Waals surface area contributed by atoms with Crippen molar-refractivity contribution in [1.82, 2.24) is 9.88 Å². The Morgan fingerprint density at radius 3 is 2.65 bits per heavy atom. The quantitative estimate of drug-likeness (QED) is 0.746. The molecule has 4 heteroatoms. The van der Waals surface area contributed by atoms with E-state index in [-0.39, 0.29) is 5.91 Å². The van der Waals surface area contributed by atoms with E-state index >= 15 is 0 Å². The molecule has 2 unspecified atom stereocenters. The molecule has 17 heavy (non-hydrogen) atoms. The molecule has 0 aromatic carbocycles. The number of fused-ring (bicyclic) bond motifs is 2. The van der Waals surface area contributed by atoms with Crippen LogP contribution in [0.25, 0.3) is 0 Å². The first-order valence-electron chi connectivity index (χ1n) is 6.12. The molecule has 0 aliphatic carbocycles. The molecular formula is C13H15BrN2O. The van der Waals surface area contributed by atoms with Gasteiger partial charge in [0.2, 0.25) is 0 Å². The van der Waals surface area contributed by atoms with Crippen molar-refractivity contribution in [2.75, 3.05) is 0 Å².